The molecule has 5 heteroatoms. The molecule has 2 fully saturated rings. The summed E-state index contributed by atoms with van der Waals surface area (Å²) in [6.07, 6.45) is 1.52. The molecule has 3 N–H and O–H groups in total. The Balaban J connectivity index is 1.39. The lowest BCUT2D eigenvalue weighted by molar-refractivity contribution is 0.0261. The summed E-state index contributed by atoms with van der Waals surface area (Å²) in [5.74, 6) is -0.156. The number of nitrogens with zero attached hydrogens (tertiary/aromatic N) is 1. The Labute approximate surface area is 159 Å². The molecule has 5 nitrogen and oxygen atoms in total. The molecule has 2 aliphatic rings. The smallest absolute Gasteiger partial charge is 0.251 e. The topological polar surface area (TPSA) is 72.8 Å². The predicted molar refractivity (Wildman–Crippen MR) is 104 cm³/mol. The molecule has 0 radical (unpaired) electrons. The Bertz CT molecular complexity index is 778. The highest BCUT2D eigenvalue weighted by atomic mass is 16.3. The Morgan fingerprint density at radius 3 is 2.41 bits per heavy atom. The number of aliphatic hydroxyl groups excluding tert-OH is 2. The lowest BCUT2D eigenvalue weighted by Gasteiger charge is -2.34. The molecule has 142 valence electrons. The van der Waals surface area contributed by atoms with Crippen LogP contribution in [0.15, 0.2) is 54.6 Å². The van der Waals surface area contributed by atoms with E-state index in [9.17, 15) is 15.0 Å². The van der Waals surface area contributed by atoms with Crippen molar-refractivity contribution in [2.75, 3.05) is 13.1 Å². The Hall–Kier alpha value is -2.21. The van der Waals surface area contributed by atoms with Gasteiger partial charge in [-0.3, -0.25) is 9.69 Å². The van der Waals surface area contributed by atoms with Gasteiger partial charge in [0.2, 0.25) is 0 Å². The second-order valence-corrected chi connectivity index (χ2v) is 7.50. The van der Waals surface area contributed by atoms with E-state index in [0.717, 1.165) is 36.9 Å². The summed E-state index contributed by atoms with van der Waals surface area (Å²) in [5.41, 5.74) is 2.78. The molecule has 0 bridgehead atoms. The van der Waals surface area contributed by atoms with Crippen molar-refractivity contribution >= 4 is 5.91 Å². The number of fused-ring (bicyclic) bond motifs is 1. The van der Waals surface area contributed by atoms with E-state index in [0.29, 0.717) is 12.1 Å². The standard InChI is InChI=1S/C22H26N2O3/c25-20-18-8-4-5-13-24(18)19(21(20)26)14-23-22(27)17-11-9-16(10-12-17)15-6-2-1-3-7-15/h1-3,6-7,9-12,18-21,25-26H,4-5,8,13-14H2,(H,23,27)/t18?,19?,20-,21+/m0/s1. The first-order valence-electron chi connectivity index (χ1n) is 9.71. The van der Waals surface area contributed by atoms with Crippen LogP contribution in [0.4, 0.5) is 0 Å². The second-order valence-electron chi connectivity index (χ2n) is 7.50. The first-order valence-corrected chi connectivity index (χ1v) is 9.71. The number of rotatable bonds is 4. The second kappa shape index (κ2) is 7.80. The summed E-state index contributed by atoms with van der Waals surface area (Å²) in [7, 11) is 0. The lowest BCUT2D eigenvalue weighted by Crippen LogP contribution is -2.48. The van der Waals surface area contributed by atoms with E-state index in [1.807, 2.05) is 54.6 Å². The van der Waals surface area contributed by atoms with Gasteiger partial charge in [-0.25, -0.2) is 0 Å². The van der Waals surface area contributed by atoms with Crippen LogP contribution in [0.25, 0.3) is 11.1 Å². The van der Waals surface area contributed by atoms with Crippen LogP contribution in [0.3, 0.4) is 0 Å². The van der Waals surface area contributed by atoms with Gasteiger partial charge in [-0.05, 0) is 42.6 Å². The molecule has 0 aromatic heterocycles. The van der Waals surface area contributed by atoms with Crippen LogP contribution < -0.4 is 5.32 Å². The molecule has 0 spiro atoms. The first kappa shape index (κ1) is 18.2. The summed E-state index contributed by atoms with van der Waals surface area (Å²) in [5, 5.41) is 23.6. The number of hydrogen-bond donors (Lipinski definition) is 3. The number of carbonyl (C=O) groups is 1. The lowest BCUT2D eigenvalue weighted by atomic mass is 10.0. The van der Waals surface area contributed by atoms with E-state index in [1.165, 1.54) is 0 Å². The van der Waals surface area contributed by atoms with Crippen LogP contribution in [-0.2, 0) is 0 Å². The van der Waals surface area contributed by atoms with Crippen LogP contribution in [-0.4, -0.2) is 58.4 Å². The SMILES string of the molecule is O=C(NCC1[C@@H](O)[C@@H](O)C2CCCCN12)c1ccc(-c2ccccc2)cc1. The first-order chi connectivity index (χ1) is 13.1. The summed E-state index contributed by atoms with van der Waals surface area (Å²) < 4.78 is 0. The van der Waals surface area contributed by atoms with E-state index in [4.69, 9.17) is 0 Å². The molecule has 4 rings (SSSR count). The molecular weight excluding hydrogens is 340 g/mol. The molecule has 2 unspecified atom stereocenters. The van der Waals surface area contributed by atoms with Crippen molar-refractivity contribution in [2.45, 2.75) is 43.6 Å². The van der Waals surface area contributed by atoms with Crippen molar-refractivity contribution in [3.63, 3.8) is 0 Å². The largest absolute Gasteiger partial charge is 0.389 e. The van der Waals surface area contributed by atoms with Gasteiger partial charge in [0.05, 0.1) is 18.2 Å². The van der Waals surface area contributed by atoms with Gasteiger partial charge in [0.1, 0.15) is 0 Å². The van der Waals surface area contributed by atoms with Crippen molar-refractivity contribution < 1.29 is 15.0 Å². The monoisotopic (exact) mass is 366 g/mol. The zero-order valence-electron chi connectivity index (χ0n) is 15.3. The van der Waals surface area contributed by atoms with Crippen molar-refractivity contribution in [2.24, 2.45) is 0 Å². The van der Waals surface area contributed by atoms with Gasteiger partial charge >= 0.3 is 0 Å². The van der Waals surface area contributed by atoms with Crippen molar-refractivity contribution in [3.8, 4) is 11.1 Å². The van der Waals surface area contributed by atoms with Crippen LogP contribution in [0.5, 0.6) is 0 Å². The zero-order chi connectivity index (χ0) is 18.8. The highest BCUT2D eigenvalue weighted by Gasteiger charge is 2.47. The van der Waals surface area contributed by atoms with Crippen LogP contribution in [0, 0.1) is 0 Å². The number of aliphatic hydroxyl groups is 2. The Morgan fingerprint density at radius 2 is 1.67 bits per heavy atom. The number of carbonyl (C=O) groups excluding carboxylic acids is 1. The van der Waals surface area contributed by atoms with E-state index in [-0.39, 0.29) is 18.0 Å². The fourth-order valence-electron chi connectivity index (χ4n) is 4.39. The van der Waals surface area contributed by atoms with Crippen LogP contribution in [0.2, 0.25) is 0 Å². The van der Waals surface area contributed by atoms with Gasteiger partial charge in [0, 0.05) is 18.2 Å². The Kier molecular flexibility index (Phi) is 5.25. The van der Waals surface area contributed by atoms with E-state index >= 15 is 0 Å². The molecular formula is C22H26N2O3. The number of amides is 1. The van der Waals surface area contributed by atoms with Gasteiger partial charge in [0.25, 0.3) is 5.91 Å². The average Bonchev–Trinajstić information content (AvgIpc) is 2.97. The summed E-state index contributed by atoms with van der Waals surface area (Å²) in [6.45, 7) is 1.21. The maximum atomic E-state index is 12.5. The van der Waals surface area contributed by atoms with Gasteiger partial charge in [-0.1, -0.05) is 48.9 Å². The number of benzene rings is 2. The molecule has 2 aromatic carbocycles. The van der Waals surface area contributed by atoms with Crippen LogP contribution in [0.1, 0.15) is 29.6 Å². The summed E-state index contributed by atoms with van der Waals surface area (Å²) in [4.78, 5) is 14.7. The van der Waals surface area contributed by atoms with Crippen molar-refractivity contribution in [1.29, 1.82) is 0 Å². The normalized spacial score (nSPS) is 27.9. The molecule has 2 saturated heterocycles. The van der Waals surface area contributed by atoms with Gasteiger partial charge in [-0.2, -0.15) is 0 Å². The fourth-order valence-corrected chi connectivity index (χ4v) is 4.39. The molecule has 0 aliphatic carbocycles. The van der Waals surface area contributed by atoms with Gasteiger partial charge in [0.15, 0.2) is 0 Å². The number of nitrogens with one attached hydrogen (secondary N) is 1. The number of piperidine rings is 1. The van der Waals surface area contributed by atoms with Gasteiger partial charge < -0.3 is 15.5 Å². The predicted octanol–water partition coefficient (Wildman–Crippen LogP) is 2.04. The maximum Gasteiger partial charge on any atom is 0.251 e. The third-order valence-corrected chi connectivity index (χ3v) is 5.88. The Morgan fingerprint density at radius 1 is 0.963 bits per heavy atom. The molecule has 0 saturated carbocycles. The number of hydrogen-bond acceptors (Lipinski definition) is 4. The quantitative estimate of drug-likeness (QED) is 0.774. The molecule has 2 aromatic rings. The van der Waals surface area contributed by atoms with Gasteiger partial charge in [-0.15, -0.1) is 0 Å². The zero-order valence-corrected chi connectivity index (χ0v) is 15.3. The van der Waals surface area contributed by atoms with E-state index in [1.54, 1.807) is 0 Å². The fraction of sp³-hybridized carbons (Fsp3) is 0.409. The molecule has 1 amide bonds. The van der Waals surface area contributed by atoms with E-state index < -0.39 is 12.2 Å². The van der Waals surface area contributed by atoms with Crippen molar-refractivity contribution in [1.82, 2.24) is 10.2 Å². The average molecular weight is 366 g/mol. The molecule has 27 heavy (non-hydrogen) atoms. The minimum Gasteiger partial charge on any atom is -0.389 e. The highest BCUT2D eigenvalue weighted by molar-refractivity contribution is 5.94. The molecule has 2 heterocycles. The van der Waals surface area contributed by atoms with Crippen molar-refractivity contribution in [3.05, 3.63) is 60.2 Å². The summed E-state index contributed by atoms with van der Waals surface area (Å²) in [6, 6.07) is 17.4. The molecule has 4 atom stereocenters. The third kappa shape index (κ3) is 3.63. The summed E-state index contributed by atoms with van der Waals surface area (Å²) >= 11 is 0. The highest BCUT2D eigenvalue weighted by Crippen LogP contribution is 2.32. The third-order valence-electron chi connectivity index (χ3n) is 5.88. The van der Waals surface area contributed by atoms with Crippen LogP contribution >= 0.6 is 0 Å². The minimum atomic E-state index is -0.811. The minimum absolute atomic E-state index is 0.0146. The van der Waals surface area contributed by atoms with E-state index in [2.05, 4.69) is 10.2 Å². The molecule has 2 aliphatic heterocycles. The maximum absolute atomic E-state index is 12.5.